The highest BCUT2D eigenvalue weighted by Gasteiger charge is 2.32. The van der Waals surface area contributed by atoms with E-state index in [1.807, 2.05) is 42.5 Å². The first kappa shape index (κ1) is 19.8. The fraction of sp³-hybridized carbons (Fsp3) is 0.0870. The van der Waals surface area contributed by atoms with Crippen molar-refractivity contribution in [3.8, 4) is 0 Å². The monoisotopic (exact) mass is 391 g/mol. The van der Waals surface area contributed by atoms with Crippen LogP contribution in [-0.4, -0.2) is 12.5 Å². The quantitative estimate of drug-likeness (QED) is 0.573. The van der Waals surface area contributed by atoms with Gasteiger partial charge in [-0.3, -0.25) is 9.36 Å². The molecule has 1 N–H and O–H groups in total. The molecule has 142 valence electrons. The molecular weight excluding hydrogens is 369 g/mol. The number of rotatable bonds is 7. The third kappa shape index (κ3) is 4.66. The minimum absolute atomic E-state index is 0.250. The molecule has 4 nitrogen and oxygen atoms in total. The van der Waals surface area contributed by atoms with Gasteiger partial charge in [0.2, 0.25) is 0 Å². The second kappa shape index (κ2) is 9.32. The van der Waals surface area contributed by atoms with E-state index in [0.29, 0.717) is 10.9 Å². The highest BCUT2D eigenvalue weighted by molar-refractivity contribution is 7.71. The second-order valence-electron chi connectivity index (χ2n) is 6.07. The first-order chi connectivity index (χ1) is 13.6. The standard InChI is InChI=1S/C23H22NO3P/c1-2-27-28(26,21-16-10-5-11-17-21)22(18-19-12-6-3-7-13-19)24-23(25)20-14-8-4-9-15-20/h3-18H,2H2,1H3,(H,24,25)/b22-18-. The maximum absolute atomic E-state index is 14.0. The number of amides is 1. The lowest BCUT2D eigenvalue weighted by atomic mass is 10.2. The van der Waals surface area contributed by atoms with Crippen LogP contribution < -0.4 is 10.6 Å². The molecule has 0 radical (unpaired) electrons. The van der Waals surface area contributed by atoms with Gasteiger partial charge in [0, 0.05) is 10.9 Å². The minimum atomic E-state index is -3.49. The molecule has 3 aromatic carbocycles. The van der Waals surface area contributed by atoms with Crippen LogP contribution in [0.25, 0.3) is 6.08 Å². The van der Waals surface area contributed by atoms with Gasteiger partial charge in [-0.05, 0) is 42.8 Å². The lowest BCUT2D eigenvalue weighted by Crippen LogP contribution is -2.26. The molecule has 5 heteroatoms. The highest BCUT2D eigenvalue weighted by Crippen LogP contribution is 2.53. The molecule has 0 spiro atoms. The van der Waals surface area contributed by atoms with Crippen molar-refractivity contribution in [1.82, 2.24) is 5.32 Å². The Labute approximate surface area is 165 Å². The fourth-order valence-corrected chi connectivity index (χ4v) is 4.83. The predicted octanol–water partition coefficient (Wildman–Crippen LogP) is 5.06. The molecule has 1 unspecified atom stereocenters. The molecule has 0 heterocycles. The van der Waals surface area contributed by atoms with Crippen LogP contribution in [0, 0.1) is 0 Å². The van der Waals surface area contributed by atoms with Crippen LogP contribution in [0.3, 0.4) is 0 Å². The molecule has 0 fully saturated rings. The summed E-state index contributed by atoms with van der Waals surface area (Å²) in [7, 11) is -3.49. The van der Waals surface area contributed by atoms with Crippen molar-refractivity contribution >= 4 is 24.7 Å². The Hall–Kier alpha value is -2.94. The molecule has 3 aromatic rings. The van der Waals surface area contributed by atoms with Gasteiger partial charge in [-0.25, -0.2) is 0 Å². The third-order valence-electron chi connectivity index (χ3n) is 4.10. The van der Waals surface area contributed by atoms with Gasteiger partial charge in [-0.2, -0.15) is 0 Å². The lowest BCUT2D eigenvalue weighted by molar-refractivity contribution is 0.0967. The second-order valence-corrected chi connectivity index (χ2v) is 8.42. The molecule has 28 heavy (non-hydrogen) atoms. The van der Waals surface area contributed by atoms with Crippen molar-refractivity contribution in [2.45, 2.75) is 6.92 Å². The van der Waals surface area contributed by atoms with Gasteiger partial charge in [0.15, 0.2) is 0 Å². The number of hydrogen-bond acceptors (Lipinski definition) is 3. The van der Waals surface area contributed by atoms with E-state index < -0.39 is 7.37 Å². The molecule has 0 aliphatic carbocycles. The van der Waals surface area contributed by atoms with Gasteiger partial charge in [0.25, 0.3) is 13.3 Å². The Bertz CT molecular complexity index is 986. The molecule has 0 saturated carbocycles. The maximum Gasteiger partial charge on any atom is 0.277 e. The molecular formula is C23H22NO3P. The van der Waals surface area contributed by atoms with Gasteiger partial charge < -0.3 is 9.84 Å². The SMILES string of the molecule is CCOP(=O)(/C(=C\c1ccccc1)NC(=O)c1ccccc1)c1ccccc1. The van der Waals surface area contributed by atoms with Gasteiger partial charge in [0.1, 0.15) is 5.44 Å². The largest absolute Gasteiger partial charge is 0.321 e. The normalized spacial score (nSPS) is 13.5. The molecule has 1 atom stereocenters. The van der Waals surface area contributed by atoms with Gasteiger partial charge >= 0.3 is 0 Å². The average molecular weight is 391 g/mol. The van der Waals surface area contributed by atoms with E-state index in [1.54, 1.807) is 61.5 Å². The Morgan fingerprint density at radius 2 is 1.43 bits per heavy atom. The first-order valence-corrected chi connectivity index (χ1v) is 10.7. The summed E-state index contributed by atoms with van der Waals surface area (Å²) < 4.78 is 19.7. The van der Waals surface area contributed by atoms with Crippen molar-refractivity contribution in [3.05, 3.63) is 108 Å². The fourth-order valence-electron chi connectivity index (χ4n) is 2.77. The van der Waals surface area contributed by atoms with Crippen molar-refractivity contribution in [2.75, 3.05) is 6.61 Å². The number of nitrogens with one attached hydrogen (secondary N) is 1. The van der Waals surface area contributed by atoms with E-state index in [4.69, 9.17) is 4.52 Å². The number of carbonyl (C=O) groups excluding carboxylic acids is 1. The zero-order valence-electron chi connectivity index (χ0n) is 15.6. The van der Waals surface area contributed by atoms with Crippen LogP contribution in [0.5, 0.6) is 0 Å². The Kier molecular flexibility index (Phi) is 6.59. The summed E-state index contributed by atoms with van der Waals surface area (Å²) in [6.07, 6.45) is 1.71. The van der Waals surface area contributed by atoms with Crippen LogP contribution in [0.4, 0.5) is 0 Å². The maximum atomic E-state index is 14.0. The summed E-state index contributed by atoms with van der Waals surface area (Å²) in [5, 5.41) is 3.37. The van der Waals surface area contributed by atoms with Crippen molar-refractivity contribution in [3.63, 3.8) is 0 Å². The summed E-state index contributed by atoms with van der Waals surface area (Å²) in [5.41, 5.74) is 1.56. The van der Waals surface area contributed by atoms with E-state index in [9.17, 15) is 9.36 Å². The summed E-state index contributed by atoms with van der Waals surface area (Å²) in [6.45, 7) is 2.04. The van der Waals surface area contributed by atoms with Gasteiger partial charge in [0.05, 0.1) is 6.61 Å². The topological polar surface area (TPSA) is 55.4 Å². The van der Waals surface area contributed by atoms with Crippen LogP contribution >= 0.6 is 7.37 Å². The van der Waals surface area contributed by atoms with E-state index >= 15 is 0 Å². The van der Waals surface area contributed by atoms with E-state index in [0.717, 1.165) is 5.56 Å². The van der Waals surface area contributed by atoms with Crippen LogP contribution in [0.15, 0.2) is 96.4 Å². The van der Waals surface area contributed by atoms with Gasteiger partial charge in [-0.1, -0.05) is 66.7 Å². The van der Waals surface area contributed by atoms with Crippen molar-refractivity contribution < 1.29 is 13.9 Å². The molecule has 0 saturated heterocycles. The highest BCUT2D eigenvalue weighted by atomic mass is 31.2. The zero-order chi connectivity index (χ0) is 19.8. The zero-order valence-corrected chi connectivity index (χ0v) is 16.5. The summed E-state index contributed by atoms with van der Waals surface area (Å²) in [4.78, 5) is 12.8. The van der Waals surface area contributed by atoms with Crippen molar-refractivity contribution in [2.24, 2.45) is 0 Å². The van der Waals surface area contributed by atoms with Crippen LogP contribution in [0.2, 0.25) is 0 Å². The van der Waals surface area contributed by atoms with Gasteiger partial charge in [-0.15, -0.1) is 0 Å². The smallest absolute Gasteiger partial charge is 0.277 e. The Balaban J connectivity index is 2.08. The molecule has 0 aliphatic heterocycles. The first-order valence-electron chi connectivity index (χ1n) is 9.07. The predicted molar refractivity (Wildman–Crippen MR) is 114 cm³/mol. The van der Waals surface area contributed by atoms with Crippen LogP contribution in [-0.2, 0) is 9.09 Å². The summed E-state index contributed by atoms with van der Waals surface area (Å²) >= 11 is 0. The van der Waals surface area contributed by atoms with E-state index in [2.05, 4.69) is 5.32 Å². The van der Waals surface area contributed by atoms with Crippen molar-refractivity contribution in [1.29, 1.82) is 0 Å². The van der Waals surface area contributed by atoms with Crippen LogP contribution in [0.1, 0.15) is 22.8 Å². The number of benzene rings is 3. The summed E-state index contributed by atoms with van der Waals surface area (Å²) in [5.74, 6) is -0.335. The molecule has 0 bridgehead atoms. The Morgan fingerprint density at radius 1 is 0.893 bits per heavy atom. The average Bonchev–Trinajstić information content (AvgIpc) is 2.75. The number of hydrogen-bond donors (Lipinski definition) is 1. The molecule has 0 aromatic heterocycles. The molecule has 3 rings (SSSR count). The summed E-state index contributed by atoms with van der Waals surface area (Å²) in [6, 6.07) is 27.2. The molecule has 1 amide bonds. The lowest BCUT2D eigenvalue weighted by Gasteiger charge is -2.22. The van der Waals surface area contributed by atoms with E-state index in [-0.39, 0.29) is 18.0 Å². The number of carbonyl (C=O) groups is 1. The van der Waals surface area contributed by atoms with E-state index in [1.165, 1.54) is 0 Å². The minimum Gasteiger partial charge on any atom is -0.321 e. The molecule has 0 aliphatic rings. The third-order valence-corrected chi connectivity index (χ3v) is 6.58. The Morgan fingerprint density at radius 3 is 2.00 bits per heavy atom.